The maximum absolute atomic E-state index is 12.6. The fourth-order valence-corrected chi connectivity index (χ4v) is 7.13. The van der Waals surface area contributed by atoms with Gasteiger partial charge in [0, 0.05) is 23.9 Å². The number of nitrogens with one attached hydrogen (secondary N) is 1. The third kappa shape index (κ3) is 15.2. The summed E-state index contributed by atoms with van der Waals surface area (Å²) in [4.78, 5) is 14.0. The minimum Gasteiger partial charge on any atom is -0.426 e. The van der Waals surface area contributed by atoms with Crippen molar-refractivity contribution in [2.45, 2.75) is 167 Å². The number of hydrogen-bond acceptors (Lipinski definition) is 4. The van der Waals surface area contributed by atoms with Crippen LogP contribution in [-0.4, -0.2) is 18.6 Å². The van der Waals surface area contributed by atoms with E-state index in [0.29, 0.717) is 12.5 Å². The molecule has 236 valence electrons. The van der Waals surface area contributed by atoms with Gasteiger partial charge in [0.05, 0.1) is 0 Å². The van der Waals surface area contributed by atoms with Crippen LogP contribution < -0.4 is 10.1 Å². The maximum Gasteiger partial charge on any atom is 0.311 e. The molecule has 1 N–H and O–H groups in total. The number of ether oxygens (including phenoxy) is 1. The van der Waals surface area contributed by atoms with Gasteiger partial charge in [-0.3, -0.25) is 4.79 Å². The van der Waals surface area contributed by atoms with Gasteiger partial charge in [-0.25, -0.2) is 0 Å². The highest BCUT2D eigenvalue weighted by Gasteiger charge is 2.22. The van der Waals surface area contributed by atoms with Crippen molar-refractivity contribution in [2.24, 2.45) is 0 Å². The third-order valence-corrected chi connectivity index (χ3v) is 9.97. The number of esters is 1. The van der Waals surface area contributed by atoms with E-state index in [9.17, 15) is 4.79 Å². The van der Waals surface area contributed by atoms with Gasteiger partial charge in [0.25, 0.3) is 0 Å². The predicted octanol–water partition coefficient (Wildman–Crippen LogP) is 11.2. The van der Waals surface area contributed by atoms with Crippen LogP contribution in [0, 0.1) is 0 Å². The van der Waals surface area contributed by atoms with Crippen LogP contribution >= 0.6 is 11.3 Å². The first-order chi connectivity index (χ1) is 20.8. The van der Waals surface area contributed by atoms with E-state index in [1.54, 1.807) is 0 Å². The molecule has 1 aliphatic carbocycles. The molecule has 0 fully saturated rings. The third-order valence-electron chi connectivity index (χ3n) is 9.03. The highest BCUT2D eigenvalue weighted by Crippen LogP contribution is 2.30. The lowest BCUT2D eigenvalue weighted by atomic mass is 9.87. The zero-order valence-corrected chi connectivity index (χ0v) is 27.8. The predicted molar refractivity (Wildman–Crippen MR) is 182 cm³/mol. The largest absolute Gasteiger partial charge is 0.426 e. The van der Waals surface area contributed by atoms with Gasteiger partial charge in [0.1, 0.15) is 5.75 Å². The molecule has 4 heteroatoms. The standard InChI is InChI=1S/C38H61NO2S/c1-2-3-4-5-6-7-8-9-10-11-12-13-14-15-16-17-18-19-20-26-38(40)41-37-25-21-23-33-32-34(27-28-36(33)37)39-30-29-35-24-22-31-42-35/h21-25,31,34,39H,2-20,26-30,32H2,1H3/t34-/m0/s1. The lowest BCUT2D eigenvalue weighted by Crippen LogP contribution is -2.35. The lowest BCUT2D eigenvalue weighted by Gasteiger charge is -2.27. The van der Waals surface area contributed by atoms with E-state index in [2.05, 4.69) is 35.8 Å². The topological polar surface area (TPSA) is 38.3 Å². The fraction of sp³-hybridized carbons (Fsp3) is 0.711. The Balaban J connectivity index is 1.12. The summed E-state index contributed by atoms with van der Waals surface area (Å²) in [6.45, 7) is 3.32. The van der Waals surface area contributed by atoms with E-state index in [1.807, 2.05) is 23.5 Å². The summed E-state index contributed by atoms with van der Waals surface area (Å²) in [7, 11) is 0. The molecule has 0 saturated heterocycles. The molecule has 2 aromatic rings. The van der Waals surface area contributed by atoms with E-state index in [1.165, 1.54) is 125 Å². The Morgan fingerprint density at radius 1 is 0.786 bits per heavy atom. The molecule has 0 spiro atoms. The molecule has 1 aromatic carbocycles. The molecule has 0 radical (unpaired) electrons. The van der Waals surface area contributed by atoms with E-state index in [-0.39, 0.29) is 5.97 Å². The second kappa shape index (κ2) is 22.8. The molecule has 0 bridgehead atoms. The number of hydrogen-bond donors (Lipinski definition) is 1. The van der Waals surface area contributed by atoms with Crippen LogP contribution in [0.25, 0.3) is 0 Å². The summed E-state index contributed by atoms with van der Waals surface area (Å²) >= 11 is 1.83. The highest BCUT2D eigenvalue weighted by atomic mass is 32.1. The maximum atomic E-state index is 12.6. The van der Waals surface area contributed by atoms with Crippen molar-refractivity contribution in [3.63, 3.8) is 0 Å². The summed E-state index contributed by atoms with van der Waals surface area (Å²) in [6.07, 6.45) is 30.7. The number of unbranched alkanes of at least 4 members (excludes halogenated alkanes) is 18. The van der Waals surface area contributed by atoms with Crippen LogP contribution in [0.1, 0.15) is 158 Å². The van der Waals surface area contributed by atoms with Crippen LogP contribution in [-0.2, 0) is 24.1 Å². The monoisotopic (exact) mass is 595 g/mol. The van der Waals surface area contributed by atoms with Gasteiger partial charge in [-0.1, -0.05) is 141 Å². The summed E-state index contributed by atoms with van der Waals surface area (Å²) in [5, 5.41) is 5.89. The number of benzene rings is 1. The van der Waals surface area contributed by atoms with E-state index >= 15 is 0 Å². The molecular formula is C38H61NO2S. The first kappa shape index (κ1) is 34.8. The Morgan fingerprint density at radius 2 is 1.38 bits per heavy atom. The van der Waals surface area contributed by atoms with E-state index < -0.39 is 0 Å². The van der Waals surface area contributed by atoms with Gasteiger partial charge >= 0.3 is 5.97 Å². The van der Waals surface area contributed by atoms with Gasteiger partial charge in [0.15, 0.2) is 0 Å². The Kier molecular flexibility index (Phi) is 18.9. The quantitative estimate of drug-likeness (QED) is 0.0705. The number of fused-ring (bicyclic) bond motifs is 1. The molecule has 1 atom stereocenters. The molecule has 0 amide bonds. The van der Waals surface area contributed by atoms with Crippen molar-refractivity contribution >= 4 is 17.3 Å². The number of thiophene rings is 1. The van der Waals surface area contributed by atoms with Crippen molar-refractivity contribution in [3.05, 3.63) is 51.7 Å². The fourth-order valence-electron chi connectivity index (χ4n) is 6.42. The number of rotatable bonds is 25. The average molecular weight is 596 g/mol. The van der Waals surface area contributed by atoms with Crippen molar-refractivity contribution in [3.8, 4) is 5.75 Å². The zero-order chi connectivity index (χ0) is 29.5. The molecule has 0 saturated carbocycles. The van der Waals surface area contributed by atoms with Gasteiger partial charge in [-0.15, -0.1) is 11.3 Å². The van der Waals surface area contributed by atoms with Crippen LogP contribution in [0.15, 0.2) is 35.7 Å². The minimum atomic E-state index is -0.0634. The molecular weight excluding hydrogens is 534 g/mol. The van der Waals surface area contributed by atoms with Crippen LogP contribution in [0.2, 0.25) is 0 Å². The van der Waals surface area contributed by atoms with Crippen molar-refractivity contribution < 1.29 is 9.53 Å². The minimum absolute atomic E-state index is 0.0634. The Bertz CT molecular complexity index is 941. The zero-order valence-electron chi connectivity index (χ0n) is 26.9. The number of carbonyl (C=O) groups excluding carboxylic acids is 1. The lowest BCUT2D eigenvalue weighted by molar-refractivity contribution is -0.134. The van der Waals surface area contributed by atoms with Crippen molar-refractivity contribution in [2.75, 3.05) is 6.54 Å². The first-order valence-corrected chi connectivity index (χ1v) is 18.7. The number of carbonyl (C=O) groups is 1. The van der Waals surface area contributed by atoms with Gasteiger partial charge in [0.2, 0.25) is 0 Å². The van der Waals surface area contributed by atoms with Gasteiger partial charge in [-0.2, -0.15) is 0 Å². The van der Waals surface area contributed by atoms with Gasteiger partial charge < -0.3 is 10.1 Å². The molecule has 1 heterocycles. The van der Waals surface area contributed by atoms with E-state index in [0.717, 1.165) is 50.8 Å². The van der Waals surface area contributed by atoms with Crippen LogP contribution in [0.3, 0.4) is 0 Å². The second-order valence-electron chi connectivity index (χ2n) is 12.7. The molecule has 3 nitrogen and oxygen atoms in total. The Labute approximate surface area is 262 Å². The van der Waals surface area contributed by atoms with Crippen molar-refractivity contribution in [1.29, 1.82) is 0 Å². The summed E-state index contributed by atoms with van der Waals surface area (Å²) in [5.74, 6) is 0.735. The smallest absolute Gasteiger partial charge is 0.311 e. The Morgan fingerprint density at radius 3 is 1.95 bits per heavy atom. The van der Waals surface area contributed by atoms with E-state index in [4.69, 9.17) is 4.74 Å². The normalized spacial score (nSPS) is 14.6. The van der Waals surface area contributed by atoms with Crippen molar-refractivity contribution in [1.82, 2.24) is 5.32 Å². The molecule has 1 aromatic heterocycles. The summed E-state index contributed by atoms with van der Waals surface area (Å²) < 4.78 is 5.86. The Hall–Kier alpha value is -1.65. The van der Waals surface area contributed by atoms with Crippen LogP contribution in [0.5, 0.6) is 5.75 Å². The van der Waals surface area contributed by atoms with Crippen LogP contribution in [0.4, 0.5) is 0 Å². The first-order valence-electron chi connectivity index (χ1n) is 17.8. The highest BCUT2D eigenvalue weighted by molar-refractivity contribution is 7.09. The molecule has 0 aliphatic heterocycles. The molecule has 3 rings (SSSR count). The molecule has 1 aliphatic rings. The van der Waals surface area contributed by atoms with Gasteiger partial charge in [-0.05, 0) is 60.7 Å². The average Bonchev–Trinajstić information content (AvgIpc) is 3.52. The summed E-state index contributed by atoms with van der Waals surface area (Å²) in [6, 6.07) is 11.1. The second-order valence-corrected chi connectivity index (χ2v) is 13.7. The molecule has 0 unspecified atom stereocenters. The molecule has 42 heavy (non-hydrogen) atoms. The summed E-state index contributed by atoms with van der Waals surface area (Å²) in [5.41, 5.74) is 2.58. The SMILES string of the molecule is CCCCCCCCCCCCCCCCCCCCCC(=O)Oc1cccc2c1CC[C@H](NCCc1cccs1)C2.